The van der Waals surface area contributed by atoms with E-state index in [1.54, 1.807) is 37.4 Å². The van der Waals surface area contributed by atoms with Gasteiger partial charge in [-0.25, -0.2) is 14.5 Å². The summed E-state index contributed by atoms with van der Waals surface area (Å²) in [4.78, 5) is 17.3. The van der Waals surface area contributed by atoms with Crippen LogP contribution >= 0.6 is 0 Å². The Kier molecular flexibility index (Phi) is 7.22. The molecule has 1 saturated carbocycles. The number of nitrogens with zero attached hydrogens (tertiary/aromatic N) is 3. The Bertz CT molecular complexity index is 1500. The van der Waals surface area contributed by atoms with E-state index in [9.17, 15) is 13.2 Å². The summed E-state index contributed by atoms with van der Waals surface area (Å²) in [6.45, 7) is 2.53. The Morgan fingerprint density at radius 2 is 2.03 bits per heavy atom. The number of carbonyl (C=O) groups is 1. The molecular formula is C27H31N5O5S. The second kappa shape index (κ2) is 10.6. The molecule has 2 heterocycles. The quantitative estimate of drug-likeness (QED) is 0.413. The lowest BCUT2D eigenvalue weighted by molar-refractivity contribution is 0.230. The van der Waals surface area contributed by atoms with Gasteiger partial charge in [-0.2, -0.15) is 13.5 Å². The van der Waals surface area contributed by atoms with Crippen molar-refractivity contribution >= 4 is 21.7 Å². The van der Waals surface area contributed by atoms with Crippen molar-refractivity contribution in [3.8, 4) is 17.0 Å². The van der Waals surface area contributed by atoms with E-state index in [2.05, 4.69) is 26.2 Å². The number of allylic oxidation sites excluding steroid dienone is 1. The fourth-order valence-corrected chi connectivity index (χ4v) is 6.00. The summed E-state index contributed by atoms with van der Waals surface area (Å²) in [6.07, 6.45) is 9.55. The van der Waals surface area contributed by atoms with Crippen LogP contribution in [0.15, 0.2) is 53.3 Å². The fraction of sp³-hybridized carbons (Fsp3) is 0.370. The van der Waals surface area contributed by atoms with Gasteiger partial charge in [0.15, 0.2) is 5.03 Å². The highest BCUT2D eigenvalue weighted by atomic mass is 32.2. The van der Waals surface area contributed by atoms with Gasteiger partial charge in [0.2, 0.25) is 5.88 Å². The van der Waals surface area contributed by atoms with Crippen LogP contribution in [0.3, 0.4) is 0 Å². The molecule has 2 amide bonds. The van der Waals surface area contributed by atoms with Gasteiger partial charge in [0.05, 0.1) is 25.4 Å². The molecule has 0 spiro atoms. The van der Waals surface area contributed by atoms with Crippen LogP contribution in [0.4, 0.5) is 10.5 Å². The van der Waals surface area contributed by atoms with Crippen LogP contribution < -0.4 is 14.8 Å². The highest BCUT2D eigenvalue weighted by molar-refractivity contribution is 7.90. The van der Waals surface area contributed by atoms with Crippen LogP contribution in [-0.2, 0) is 27.6 Å². The summed E-state index contributed by atoms with van der Waals surface area (Å²) in [5.41, 5.74) is 6.63. The first-order valence-corrected chi connectivity index (χ1v) is 14.0. The molecule has 2 aromatic heterocycles. The van der Waals surface area contributed by atoms with Crippen molar-refractivity contribution in [1.29, 1.82) is 0 Å². The minimum atomic E-state index is -4.18. The maximum absolute atomic E-state index is 13.1. The minimum Gasteiger partial charge on any atom is -0.481 e. The smallest absolute Gasteiger partial charge is 0.333 e. The summed E-state index contributed by atoms with van der Waals surface area (Å²) in [6, 6.07) is 6.43. The zero-order valence-corrected chi connectivity index (χ0v) is 22.5. The van der Waals surface area contributed by atoms with Gasteiger partial charge in [-0.15, -0.1) is 0 Å². The monoisotopic (exact) mass is 537 g/mol. The number of aryl methyl sites for hydroxylation is 2. The number of methoxy groups -OCH3 is 2. The third kappa shape index (κ3) is 5.16. The molecule has 5 rings (SSSR count). The van der Waals surface area contributed by atoms with Gasteiger partial charge in [0.25, 0.3) is 10.0 Å². The van der Waals surface area contributed by atoms with Crippen molar-refractivity contribution in [2.75, 3.05) is 26.1 Å². The van der Waals surface area contributed by atoms with Gasteiger partial charge in [0, 0.05) is 31.1 Å². The molecule has 3 aromatic rings. The molecule has 1 aromatic carbocycles. The number of anilines is 1. The van der Waals surface area contributed by atoms with Gasteiger partial charge in [0.1, 0.15) is 0 Å². The average Bonchev–Trinajstić information content (AvgIpc) is 3.53. The Labute approximate surface area is 222 Å². The first-order valence-electron chi connectivity index (χ1n) is 12.5. The maximum Gasteiger partial charge on any atom is 0.333 e. The molecule has 200 valence electrons. The molecule has 0 atom stereocenters. The van der Waals surface area contributed by atoms with Crippen molar-refractivity contribution < 1.29 is 22.7 Å². The van der Waals surface area contributed by atoms with Gasteiger partial charge < -0.3 is 14.8 Å². The highest BCUT2D eigenvalue weighted by Crippen LogP contribution is 2.41. The first kappa shape index (κ1) is 25.9. The lowest BCUT2D eigenvalue weighted by Crippen LogP contribution is -2.35. The van der Waals surface area contributed by atoms with E-state index in [1.807, 2.05) is 19.1 Å². The molecule has 2 N–H and O–H groups in total. The number of carbonyl (C=O) groups excluding carboxylic acids is 1. The summed E-state index contributed by atoms with van der Waals surface area (Å²) in [5, 5.41) is 6.89. The van der Waals surface area contributed by atoms with Gasteiger partial charge in [-0.1, -0.05) is 17.7 Å². The van der Waals surface area contributed by atoms with Crippen LogP contribution in [0.25, 0.3) is 11.1 Å². The number of nitrogens with one attached hydrogen (secondary N) is 2. The largest absolute Gasteiger partial charge is 0.481 e. The molecule has 0 bridgehead atoms. The van der Waals surface area contributed by atoms with Gasteiger partial charge >= 0.3 is 6.03 Å². The number of pyridine rings is 1. The molecule has 0 radical (unpaired) electrons. The lowest BCUT2D eigenvalue weighted by atomic mass is 9.86. The van der Waals surface area contributed by atoms with Gasteiger partial charge in [-0.3, -0.25) is 4.68 Å². The second-order valence-electron chi connectivity index (χ2n) is 9.59. The Morgan fingerprint density at radius 3 is 2.79 bits per heavy atom. The average molecular weight is 538 g/mol. The number of hydrogen-bond donors (Lipinski definition) is 2. The molecule has 2 aliphatic carbocycles. The zero-order valence-electron chi connectivity index (χ0n) is 21.7. The fourth-order valence-electron chi connectivity index (χ4n) is 5.16. The zero-order chi connectivity index (χ0) is 26.9. The highest BCUT2D eigenvalue weighted by Gasteiger charge is 2.29. The van der Waals surface area contributed by atoms with Crippen molar-refractivity contribution in [3.05, 3.63) is 65.0 Å². The molecule has 2 aliphatic rings. The Balaban J connectivity index is 1.36. The maximum atomic E-state index is 13.1. The number of sulfonamides is 1. The SMILES string of the molecule is COCC=C1CC(n2ccc(S(=O)(=O)NC(=O)Nc3c4c(cc(C)c3-c3ccnc(OC)c3)CCC4)n2)C1. The van der Waals surface area contributed by atoms with E-state index in [0.29, 0.717) is 18.2 Å². The number of ether oxygens (including phenoxy) is 2. The molecular weight excluding hydrogens is 506 g/mol. The number of amides is 2. The first-order chi connectivity index (χ1) is 18.3. The summed E-state index contributed by atoms with van der Waals surface area (Å²) >= 11 is 0. The van der Waals surface area contributed by atoms with Crippen molar-refractivity contribution in [1.82, 2.24) is 19.5 Å². The molecule has 38 heavy (non-hydrogen) atoms. The predicted molar refractivity (Wildman–Crippen MR) is 143 cm³/mol. The summed E-state index contributed by atoms with van der Waals surface area (Å²) < 4.78 is 40.2. The van der Waals surface area contributed by atoms with E-state index in [4.69, 9.17) is 9.47 Å². The normalized spacial score (nSPS) is 16.5. The molecule has 10 nitrogen and oxygen atoms in total. The van der Waals surface area contributed by atoms with E-state index in [0.717, 1.165) is 59.9 Å². The molecule has 0 saturated heterocycles. The number of rotatable bonds is 8. The Morgan fingerprint density at radius 1 is 1.21 bits per heavy atom. The third-order valence-corrected chi connectivity index (χ3v) is 8.29. The molecule has 1 fully saturated rings. The van der Waals surface area contributed by atoms with Gasteiger partial charge in [-0.05, 0) is 73.4 Å². The van der Waals surface area contributed by atoms with Crippen LogP contribution in [0.2, 0.25) is 0 Å². The molecule has 0 aliphatic heterocycles. The van der Waals surface area contributed by atoms with Crippen LogP contribution in [0.1, 0.15) is 42.0 Å². The summed E-state index contributed by atoms with van der Waals surface area (Å²) in [7, 11) is -0.988. The van der Waals surface area contributed by atoms with Crippen molar-refractivity contribution in [3.63, 3.8) is 0 Å². The van der Waals surface area contributed by atoms with Crippen LogP contribution in [0.5, 0.6) is 5.88 Å². The lowest BCUT2D eigenvalue weighted by Gasteiger charge is -2.29. The van der Waals surface area contributed by atoms with Crippen LogP contribution in [0, 0.1) is 6.92 Å². The van der Waals surface area contributed by atoms with Crippen LogP contribution in [-0.4, -0.2) is 50.0 Å². The van der Waals surface area contributed by atoms with E-state index in [-0.39, 0.29) is 11.1 Å². The Hall–Kier alpha value is -3.70. The van der Waals surface area contributed by atoms with Crippen molar-refractivity contribution in [2.24, 2.45) is 0 Å². The number of aromatic nitrogens is 3. The standard InChI is InChI=1S/C27H31N5O5S/c1-17-13-19-5-4-6-22(19)26(25(17)20-7-10-28-23(16-20)37-3)29-27(33)31-38(34,35)24-8-11-32(30-24)21-14-18(15-21)9-12-36-2/h7-11,13,16,21H,4-6,12,14-15H2,1-3H3,(H2,29,31,33). The number of hydrogen-bond acceptors (Lipinski definition) is 7. The number of urea groups is 1. The molecule has 11 heteroatoms. The minimum absolute atomic E-state index is 0.0886. The number of benzene rings is 1. The van der Waals surface area contributed by atoms with E-state index >= 15 is 0 Å². The third-order valence-electron chi connectivity index (χ3n) is 7.06. The second-order valence-corrected chi connectivity index (χ2v) is 11.2. The topological polar surface area (TPSA) is 124 Å². The number of fused-ring (bicyclic) bond motifs is 1. The van der Waals surface area contributed by atoms with Crippen molar-refractivity contribution in [2.45, 2.75) is 50.1 Å². The predicted octanol–water partition coefficient (Wildman–Crippen LogP) is 4.17. The summed E-state index contributed by atoms with van der Waals surface area (Å²) in [5.74, 6) is 0.448. The van der Waals surface area contributed by atoms with E-state index < -0.39 is 16.1 Å². The van der Waals surface area contributed by atoms with E-state index in [1.165, 1.54) is 11.6 Å². The molecule has 0 unspecified atom stereocenters.